The standard InChI is InChI=1S/C16H18ClFN4O5S/c1-10-20-15(8-22(10)2)28(25,26)19-6-5-16(24)27-9-14(23)21-11-3-4-13(18)12(17)7-11/h3-4,7-8,19H,5-6,9H2,1-2H3,(H,21,23). The number of nitrogens with zero attached hydrogens (tertiary/aromatic N) is 2. The molecule has 1 heterocycles. The van der Waals surface area contributed by atoms with Gasteiger partial charge in [-0.05, 0) is 25.1 Å². The second-order valence-corrected chi connectivity index (χ2v) is 7.84. The number of hydrogen-bond acceptors (Lipinski definition) is 6. The van der Waals surface area contributed by atoms with Crippen LogP contribution in [0.2, 0.25) is 5.02 Å². The topological polar surface area (TPSA) is 119 Å². The molecule has 0 fully saturated rings. The van der Waals surface area contributed by atoms with E-state index in [1.807, 2.05) is 0 Å². The Balaban J connectivity index is 1.74. The van der Waals surface area contributed by atoms with Crippen molar-refractivity contribution in [2.45, 2.75) is 18.4 Å². The summed E-state index contributed by atoms with van der Waals surface area (Å²) in [6, 6.07) is 3.60. The van der Waals surface area contributed by atoms with Crippen LogP contribution in [0.5, 0.6) is 0 Å². The third-order valence-electron chi connectivity index (χ3n) is 3.55. The van der Waals surface area contributed by atoms with Gasteiger partial charge in [0.1, 0.15) is 11.6 Å². The first kappa shape index (κ1) is 21.8. The number of nitrogens with one attached hydrogen (secondary N) is 2. The summed E-state index contributed by atoms with van der Waals surface area (Å²) in [7, 11) is -2.19. The third kappa shape index (κ3) is 6.01. The molecule has 152 valence electrons. The highest BCUT2D eigenvalue weighted by molar-refractivity contribution is 7.89. The van der Waals surface area contributed by atoms with Gasteiger partial charge in [0, 0.05) is 25.5 Å². The number of carbonyl (C=O) groups is 2. The van der Waals surface area contributed by atoms with Gasteiger partial charge >= 0.3 is 5.97 Å². The SMILES string of the molecule is Cc1nc(S(=O)(=O)NCCC(=O)OCC(=O)Nc2ccc(F)c(Cl)c2)cn1C. The highest BCUT2D eigenvalue weighted by Crippen LogP contribution is 2.19. The molecule has 0 saturated heterocycles. The van der Waals surface area contributed by atoms with Gasteiger partial charge in [-0.2, -0.15) is 0 Å². The minimum Gasteiger partial charge on any atom is -0.456 e. The number of aryl methyl sites for hydroxylation is 2. The smallest absolute Gasteiger partial charge is 0.307 e. The van der Waals surface area contributed by atoms with Crippen LogP contribution in [-0.4, -0.2) is 43.0 Å². The van der Waals surface area contributed by atoms with Crippen molar-refractivity contribution in [2.24, 2.45) is 7.05 Å². The van der Waals surface area contributed by atoms with Gasteiger partial charge < -0.3 is 14.6 Å². The Morgan fingerprint density at radius 2 is 2.07 bits per heavy atom. The van der Waals surface area contributed by atoms with E-state index in [1.165, 1.54) is 18.3 Å². The Hall–Kier alpha value is -2.50. The molecule has 2 aromatic rings. The van der Waals surface area contributed by atoms with Crippen molar-refractivity contribution in [3.63, 3.8) is 0 Å². The van der Waals surface area contributed by atoms with Gasteiger partial charge in [-0.3, -0.25) is 9.59 Å². The number of hydrogen-bond donors (Lipinski definition) is 2. The van der Waals surface area contributed by atoms with Crippen LogP contribution in [0, 0.1) is 12.7 Å². The predicted molar refractivity (Wildman–Crippen MR) is 98.7 cm³/mol. The van der Waals surface area contributed by atoms with Gasteiger partial charge in [0.15, 0.2) is 11.6 Å². The first-order valence-electron chi connectivity index (χ1n) is 7.98. The summed E-state index contributed by atoms with van der Waals surface area (Å²) in [6.07, 6.45) is 1.07. The lowest BCUT2D eigenvalue weighted by atomic mass is 10.3. The minimum absolute atomic E-state index is 0.154. The zero-order chi connectivity index (χ0) is 20.9. The molecule has 0 aliphatic carbocycles. The van der Waals surface area contributed by atoms with E-state index in [9.17, 15) is 22.4 Å². The highest BCUT2D eigenvalue weighted by Gasteiger charge is 2.18. The van der Waals surface area contributed by atoms with E-state index >= 15 is 0 Å². The van der Waals surface area contributed by atoms with E-state index in [4.69, 9.17) is 16.3 Å². The molecule has 1 amide bonds. The fourth-order valence-corrected chi connectivity index (χ4v) is 3.25. The largest absolute Gasteiger partial charge is 0.456 e. The number of rotatable bonds is 8. The lowest BCUT2D eigenvalue weighted by Crippen LogP contribution is -2.28. The molecule has 2 N–H and O–H groups in total. The van der Waals surface area contributed by atoms with Crippen LogP contribution in [-0.2, 0) is 31.4 Å². The summed E-state index contributed by atoms with van der Waals surface area (Å²) in [5, 5.41) is 2.07. The number of imidazole rings is 1. The van der Waals surface area contributed by atoms with Crippen molar-refractivity contribution < 1.29 is 27.1 Å². The van der Waals surface area contributed by atoms with Gasteiger partial charge in [0.05, 0.1) is 11.4 Å². The summed E-state index contributed by atoms with van der Waals surface area (Å²) >= 11 is 5.60. The lowest BCUT2D eigenvalue weighted by molar-refractivity contribution is -0.147. The van der Waals surface area contributed by atoms with Crippen molar-refractivity contribution in [2.75, 3.05) is 18.5 Å². The summed E-state index contributed by atoms with van der Waals surface area (Å²) in [6.45, 7) is 0.854. The fourth-order valence-electron chi connectivity index (χ4n) is 2.01. The number of benzene rings is 1. The van der Waals surface area contributed by atoms with E-state index in [2.05, 4.69) is 15.0 Å². The van der Waals surface area contributed by atoms with Gasteiger partial charge in [-0.15, -0.1) is 0 Å². The molecule has 0 aliphatic rings. The predicted octanol–water partition coefficient (Wildman–Crippen LogP) is 1.37. The molecule has 9 nitrogen and oxygen atoms in total. The molecule has 1 aromatic carbocycles. The van der Waals surface area contributed by atoms with Crippen LogP contribution < -0.4 is 10.0 Å². The molecule has 0 saturated carbocycles. The molecule has 28 heavy (non-hydrogen) atoms. The van der Waals surface area contributed by atoms with Crippen molar-refractivity contribution in [1.29, 1.82) is 0 Å². The summed E-state index contributed by atoms with van der Waals surface area (Å²) in [4.78, 5) is 27.3. The van der Waals surface area contributed by atoms with Crippen LogP contribution >= 0.6 is 11.6 Å². The number of ether oxygens (including phenoxy) is 1. The molecule has 2 rings (SSSR count). The second kappa shape index (κ2) is 9.13. The molecule has 12 heteroatoms. The van der Waals surface area contributed by atoms with Gasteiger partial charge in [0.2, 0.25) is 0 Å². The summed E-state index contributed by atoms with van der Waals surface area (Å²) < 4.78 is 45.7. The van der Waals surface area contributed by atoms with Crippen molar-refractivity contribution in [3.8, 4) is 0 Å². The molecule has 0 aliphatic heterocycles. The van der Waals surface area contributed by atoms with Crippen molar-refractivity contribution in [3.05, 3.63) is 41.1 Å². The zero-order valence-electron chi connectivity index (χ0n) is 15.0. The number of carbonyl (C=O) groups excluding carboxylic acids is 2. The molecule has 0 bridgehead atoms. The second-order valence-electron chi connectivity index (χ2n) is 5.72. The average molecular weight is 433 g/mol. The van der Waals surface area contributed by atoms with Crippen molar-refractivity contribution in [1.82, 2.24) is 14.3 Å². The minimum atomic E-state index is -3.85. The van der Waals surface area contributed by atoms with Crippen molar-refractivity contribution >= 4 is 39.2 Å². The number of halogens is 2. The highest BCUT2D eigenvalue weighted by atomic mass is 35.5. The first-order chi connectivity index (χ1) is 13.1. The molecule has 0 spiro atoms. The maximum atomic E-state index is 13.1. The maximum Gasteiger partial charge on any atom is 0.307 e. The summed E-state index contributed by atoms with van der Waals surface area (Å²) in [5.74, 6) is -1.53. The van der Waals surface area contributed by atoms with Crippen LogP contribution in [0.4, 0.5) is 10.1 Å². The first-order valence-corrected chi connectivity index (χ1v) is 9.85. The van der Waals surface area contributed by atoms with Gasteiger partial charge in [-0.25, -0.2) is 22.5 Å². The van der Waals surface area contributed by atoms with Crippen LogP contribution in [0.15, 0.2) is 29.4 Å². The van der Waals surface area contributed by atoms with E-state index < -0.39 is 34.3 Å². The number of aromatic nitrogens is 2. The fraction of sp³-hybridized carbons (Fsp3) is 0.312. The Kier molecular flexibility index (Phi) is 7.11. The number of esters is 1. The van der Waals surface area contributed by atoms with E-state index in [0.29, 0.717) is 5.82 Å². The molecule has 0 radical (unpaired) electrons. The van der Waals surface area contributed by atoms with Crippen LogP contribution in [0.3, 0.4) is 0 Å². The van der Waals surface area contributed by atoms with E-state index in [1.54, 1.807) is 18.5 Å². The third-order valence-corrected chi connectivity index (χ3v) is 5.17. The Morgan fingerprint density at radius 1 is 1.36 bits per heavy atom. The Morgan fingerprint density at radius 3 is 2.68 bits per heavy atom. The zero-order valence-corrected chi connectivity index (χ0v) is 16.6. The summed E-state index contributed by atoms with van der Waals surface area (Å²) in [5.41, 5.74) is 0.242. The average Bonchev–Trinajstić information content (AvgIpc) is 2.96. The number of sulfonamides is 1. The normalized spacial score (nSPS) is 11.3. The van der Waals surface area contributed by atoms with Crippen LogP contribution in [0.25, 0.3) is 0 Å². The molecule has 1 aromatic heterocycles. The van der Waals surface area contributed by atoms with E-state index in [0.717, 1.165) is 6.07 Å². The van der Waals surface area contributed by atoms with Crippen LogP contribution in [0.1, 0.15) is 12.2 Å². The van der Waals surface area contributed by atoms with E-state index in [-0.39, 0.29) is 28.7 Å². The molecule has 0 unspecified atom stereocenters. The number of amides is 1. The molecule has 0 atom stereocenters. The lowest BCUT2D eigenvalue weighted by Gasteiger charge is -2.08. The molecular formula is C16H18ClFN4O5S. The quantitative estimate of drug-likeness (QED) is 0.608. The molecular weight excluding hydrogens is 415 g/mol. The van der Waals surface area contributed by atoms with Gasteiger partial charge in [0.25, 0.3) is 15.9 Å². The Labute approximate surface area is 165 Å². The maximum absolute atomic E-state index is 13.1. The monoisotopic (exact) mass is 432 g/mol. The number of anilines is 1. The Bertz CT molecular complexity index is 973. The van der Waals surface area contributed by atoms with Gasteiger partial charge in [-0.1, -0.05) is 11.6 Å².